The Kier molecular flexibility index (Phi) is 5.27. The summed E-state index contributed by atoms with van der Waals surface area (Å²) < 4.78 is 5.16. The Morgan fingerprint density at radius 1 is 1.21 bits per heavy atom. The summed E-state index contributed by atoms with van der Waals surface area (Å²) >= 11 is 0. The molecule has 1 saturated carbocycles. The summed E-state index contributed by atoms with van der Waals surface area (Å²) in [7, 11) is 1.80. The van der Waals surface area contributed by atoms with E-state index >= 15 is 0 Å². The molecular formula is C16H32N2O. The van der Waals surface area contributed by atoms with Crippen molar-refractivity contribution in [3.8, 4) is 0 Å². The largest absolute Gasteiger partial charge is 0.385 e. The first-order valence-electron chi connectivity index (χ1n) is 7.98. The smallest absolute Gasteiger partial charge is 0.0462 e. The highest BCUT2D eigenvalue weighted by molar-refractivity contribution is 4.97. The van der Waals surface area contributed by atoms with Crippen molar-refractivity contribution in [1.29, 1.82) is 0 Å². The second kappa shape index (κ2) is 6.55. The van der Waals surface area contributed by atoms with Crippen molar-refractivity contribution in [2.75, 3.05) is 33.4 Å². The summed E-state index contributed by atoms with van der Waals surface area (Å²) in [4.78, 5) is 2.75. The normalized spacial score (nSPS) is 29.7. The van der Waals surface area contributed by atoms with Gasteiger partial charge in [-0.25, -0.2) is 0 Å². The Bertz CT molecular complexity index is 270. The molecule has 2 rings (SSSR count). The molecular weight excluding hydrogens is 236 g/mol. The second-order valence-corrected chi connectivity index (χ2v) is 7.43. The predicted molar refractivity (Wildman–Crippen MR) is 80.4 cm³/mol. The Balaban J connectivity index is 1.86. The van der Waals surface area contributed by atoms with Crippen LogP contribution in [0.5, 0.6) is 0 Å². The number of unbranched alkanes of at least 4 members (excludes halogenated alkanes) is 1. The molecule has 19 heavy (non-hydrogen) atoms. The fraction of sp³-hybridized carbons (Fsp3) is 1.00. The lowest BCUT2D eigenvalue weighted by atomic mass is 9.83. The molecule has 3 heteroatoms. The number of hydrogen-bond donors (Lipinski definition) is 1. The van der Waals surface area contributed by atoms with Gasteiger partial charge in [-0.2, -0.15) is 0 Å². The van der Waals surface area contributed by atoms with Crippen LogP contribution in [-0.4, -0.2) is 50.3 Å². The van der Waals surface area contributed by atoms with Crippen molar-refractivity contribution in [3.05, 3.63) is 0 Å². The molecule has 2 fully saturated rings. The maximum absolute atomic E-state index is 5.16. The van der Waals surface area contributed by atoms with E-state index < -0.39 is 0 Å². The zero-order valence-corrected chi connectivity index (χ0v) is 13.2. The maximum Gasteiger partial charge on any atom is 0.0462 e. The summed E-state index contributed by atoms with van der Waals surface area (Å²) in [5.41, 5.74) is 0.364. The molecule has 0 aromatic rings. The Morgan fingerprint density at radius 3 is 2.53 bits per heavy atom. The molecule has 0 bridgehead atoms. The molecule has 0 amide bonds. The molecule has 1 saturated heterocycles. The van der Waals surface area contributed by atoms with Crippen molar-refractivity contribution in [2.45, 2.75) is 58.5 Å². The van der Waals surface area contributed by atoms with Crippen molar-refractivity contribution in [3.63, 3.8) is 0 Å². The Labute approximate surface area is 119 Å². The number of nitrogens with zero attached hydrogens (tertiary/aromatic N) is 1. The van der Waals surface area contributed by atoms with E-state index in [1.54, 1.807) is 7.11 Å². The fourth-order valence-corrected chi connectivity index (χ4v) is 3.31. The van der Waals surface area contributed by atoms with Gasteiger partial charge in [-0.15, -0.1) is 0 Å². The van der Waals surface area contributed by atoms with Gasteiger partial charge in [0.2, 0.25) is 0 Å². The molecule has 2 aliphatic rings. The summed E-state index contributed by atoms with van der Waals surface area (Å²) in [6, 6.07) is 1.42. The van der Waals surface area contributed by atoms with Crippen LogP contribution in [0, 0.1) is 11.3 Å². The number of piperazine rings is 1. The van der Waals surface area contributed by atoms with Gasteiger partial charge in [0.1, 0.15) is 0 Å². The number of methoxy groups -OCH3 is 1. The summed E-state index contributed by atoms with van der Waals surface area (Å²) in [6.07, 6.45) is 5.33. The molecule has 1 aliphatic carbocycles. The van der Waals surface area contributed by atoms with E-state index in [1.165, 1.54) is 38.8 Å². The van der Waals surface area contributed by atoms with Gasteiger partial charge < -0.3 is 10.1 Å². The standard InChI is InChI=1S/C16H32N2O/c1-16(2,3)15-11-17-14(13-7-8-13)12-18(15)9-5-6-10-19-4/h13-15,17H,5-12H2,1-4H3. The van der Waals surface area contributed by atoms with Crippen LogP contribution < -0.4 is 5.32 Å². The monoisotopic (exact) mass is 268 g/mol. The van der Waals surface area contributed by atoms with Gasteiger partial charge in [0.25, 0.3) is 0 Å². The van der Waals surface area contributed by atoms with Crippen LogP contribution in [-0.2, 0) is 4.74 Å². The third-order valence-electron chi connectivity index (χ3n) is 4.68. The van der Waals surface area contributed by atoms with E-state index in [4.69, 9.17) is 4.74 Å². The van der Waals surface area contributed by atoms with Crippen LogP contribution in [0.1, 0.15) is 46.5 Å². The molecule has 2 unspecified atom stereocenters. The Hall–Kier alpha value is -0.120. The highest BCUT2D eigenvalue weighted by Gasteiger charge is 2.40. The molecule has 2 atom stereocenters. The number of rotatable bonds is 6. The fourth-order valence-electron chi connectivity index (χ4n) is 3.31. The van der Waals surface area contributed by atoms with Gasteiger partial charge in [0, 0.05) is 38.9 Å². The van der Waals surface area contributed by atoms with Crippen molar-refractivity contribution >= 4 is 0 Å². The molecule has 1 aliphatic heterocycles. The Morgan fingerprint density at radius 2 is 1.95 bits per heavy atom. The van der Waals surface area contributed by atoms with Crippen LogP contribution in [0.15, 0.2) is 0 Å². The third kappa shape index (κ3) is 4.44. The van der Waals surface area contributed by atoms with E-state index in [9.17, 15) is 0 Å². The molecule has 0 aromatic heterocycles. The van der Waals surface area contributed by atoms with Gasteiger partial charge >= 0.3 is 0 Å². The lowest BCUT2D eigenvalue weighted by Crippen LogP contribution is -2.61. The van der Waals surface area contributed by atoms with E-state index in [0.717, 1.165) is 25.1 Å². The maximum atomic E-state index is 5.16. The minimum atomic E-state index is 0.364. The molecule has 0 aromatic carbocycles. The lowest BCUT2D eigenvalue weighted by Gasteiger charge is -2.46. The van der Waals surface area contributed by atoms with Crippen molar-refractivity contribution < 1.29 is 4.74 Å². The highest BCUT2D eigenvalue weighted by atomic mass is 16.5. The molecule has 112 valence electrons. The molecule has 0 spiro atoms. The summed E-state index contributed by atoms with van der Waals surface area (Å²) in [6.45, 7) is 11.7. The van der Waals surface area contributed by atoms with Gasteiger partial charge in [0.05, 0.1) is 0 Å². The zero-order valence-electron chi connectivity index (χ0n) is 13.2. The highest BCUT2D eigenvalue weighted by Crippen LogP contribution is 2.36. The SMILES string of the molecule is COCCCCN1CC(C2CC2)NCC1C(C)(C)C. The van der Waals surface area contributed by atoms with E-state index in [1.807, 2.05) is 0 Å². The van der Waals surface area contributed by atoms with Crippen molar-refractivity contribution in [2.24, 2.45) is 11.3 Å². The zero-order chi connectivity index (χ0) is 13.9. The lowest BCUT2D eigenvalue weighted by molar-refractivity contribution is 0.0482. The van der Waals surface area contributed by atoms with E-state index in [2.05, 4.69) is 31.0 Å². The summed E-state index contributed by atoms with van der Waals surface area (Å²) in [5, 5.41) is 3.80. The molecule has 0 radical (unpaired) electrons. The number of nitrogens with one attached hydrogen (secondary N) is 1. The number of ether oxygens (including phenoxy) is 1. The van der Waals surface area contributed by atoms with Crippen LogP contribution in [0.25, 0.3) is 0 Å². The molecule has 1 N–H and O–H groups in total. The second-order valence-electron chi connectivity index (χ2n) is 7.43. The van der Waals surface area contributed by atoms with Crippen molar-refractivity contribution in [1.82, 2.24) is 10.2 Å². The minimum Gasteiger partial charge on any atom is -0.385 e. The van der Waals surface area contributed by atoms with Gasteiger partial charge in [-0.05, 0) is 43.6 Å². The first kappa shape index (κ1) is 15.3. The molecule has 3 nitrogen and oxygen atoms in total. The average Bonchev–Trinajstić information content (AvgIpc) is 3.17. The van der Waals surface area contributed by atoms with Crippen LogP contribution in [0.2, 0.25) is 0 Å². The first-order valence-corrected chi connectivity index (χ1v) is 7.98. The average molecular weight is 268 g/mol. The van der Waals surface area contributed by atoms with Gasteiger partial charge in [-0.1, -0.05) is 20.8 Å². The minimum absolute atomic E-state index is 0.364. The van der Waals surface area contributed by atoms with Crippen LogP contribution in [0.3, 0.4) is 0 Å². The molecule has 1 heterocycles. The quantitative estimate of drug-likeness (QED) is 0.749. The van der Waals surface area contributed by atoms with Crippen LogP contribution >= 0.6 is 0 Å². The van der Waals surface area contributed by atoms with Gasteiger partial charge in [-0.3, -0.25) is 4.90 Å². The first-order chi connectivity index (χ1) is 9.02. The predicted octanol–water partition coefficient (Wildman–Crippen LogP) is 2.51. The van der Waals surface area contributed by atoms with E-state index in [-0.39, 0.29) is 0 Å². The summed E-state index contributed by atoms with van der Waals surface area (Å²) in [5.74, 6) is 0.961. The van der Waals surface area contributed by atoms with Crippen LogP contribution in [0.4, 0.5) is 0 Å². The van der Waals surface area contributed by atoms with Gasteiger partial charge in [0.15, 0.2) is 0 Å². The number of hydrogen-bond acceptors (Lipinski definition) is 3. The topological polar surface area (TPSA) is 24.5 Å². The third-order valence-corrected chi connectivity index (χ3v) is 4.68. The van der Waals surface area contributed by atoms with E-state index in [0.29, 0.717) is 11.5 Å².